The summed E-state index contributed by atoms with van der Waals surface area (Å²) in [6, 6.07) is 14.5. The SMILES string of the molecule is COC(=O)C12CC(C)CC(C(=O)OC)(C1=O)C(c1cccc(Cl)c1)C(C)C2c1cccc(Cl)c1. The Balaban J connectivity index is 2.09. The van der Waals surface area contributed by atoms with Crippen LogP contribution in [0, 0.1) is 22.7 Å². The molecule has 0 aromatic heterocycles. The lowest BCUT2D eigenvalue weighted by atomic mass is 9.40. The fraction of sp³-hybridized carbons (Fsp3) is 0.444. The molecular formula is C27H28Cl2O5. The quantitative estimate of drug-likeness (QED) is 0.388. The van der Waals surface area contributed by atoms with Gasteiger partial charge < -0.3 is 9.47 Å². The van der Waals surface area contributed by atoms with Crippen molar-refractivity contribution < 1.29 is 23.9 Å². The van der Waals surface area contributed by atoms with E-state index in [-0.39, 0.29) is 24.7 Å². The first-order valence-corrected chi connectivity index (χ1v) is 12.1. The number of esters is 2. The third-order valence-electron chi connectivity index (χ3n) is 7.78. The summed E-state index contributed by atoms with van der Waals surface area (Å²) in [6.07, 6.45) is 0.558. The number of rotatable bonds is 4. The van der Waals surface area contributed by atoms with Gasteiger partial charge in [-0.1, -0.05) is 61.3 Å². The van der Waals surface area contributed by atoms with Crippen LogP contribution in [0.1, 0.15) is 49.7 Å². The minimum absolute atomic E-state index is 0.119. The van der Waals surface area contributed by atoms with Crippen molar-refractivity contribution in [2.45, 2.75) is 38.5 Å². The fourth-order valence-corrected chi connectivity index (χ4v) is 7.33. The zero-order valence-corrected chi connectivity index (χ0v) is 21.2. The minimum atomic E-state index is -1.54. The van der Waals surface area contributed by atoms with E-state index in [1.54, 1.807) is 24.3 Å². The molecule has 2 aromatic rings. The van der Waals surface area contributed by atoms with Gasteiger partial charge in [0.05, 0.1) is 14.2 Å². The zero-order chi connectivity index (χ0) is 24.8. The molecule has 0 spiro atoms. The first-order chi connectivity index (χ1) is 16.1. The van der Waals surface area contributed by atoms with Gasteiger partial charge in [-0.2, -0.15) is 0 Å². The molecule has 0 heterocycles. The Morgan fingerprint density at radius 1 is 0.824 bits per heavy atom. The van der Waals surface area contributed by atoms with Crippen LogP contribution in [0.3, 0.4) is 0 Å². The molecule has 7 heteroatoms. The maximum atomic E-state index is 14.6. The number of halogens is 2. The van der Waals surface area contributed by atoms with Crippen LogP contribution in [-0.2, 0) is 23.9 Å². The normalized spacial score (nSPS) is 32.7. The molecule has 2 saturated carbocycles. The van der Waals surface area contributed by atoms with Crippen LogP contribution in [0.15, 0.2) is 48.5 Å². The summed E-state index contributed by atoms with van der Waals surface area (Å²) in [4.78, 5) is 41.8. The third kappa shape index (κ3) is 3.47. The maximum absolute atomic E-state index is 14.6. The number of Topliss-reactive ketones (excluding diaryl/α,β-unsaturated/α-hetero) is 1. The predicted octanol–water partition coefficient (Wildman–Crippen LogP) is 5.83. The monoisotopic (exact) mass is 502 g/mol. The first kappa shape index (κ1) is 24.7. The van der Waals surface area contributed by atoms with Gasteiger partial charge >= 0.3 is 11.9 Å². The van der Waals surface area contributed by atoms with Crippen molar-refractivity contribution in [3.63, 3.8) is 0 Å². The van der Waals surface area contributed by atoms with Gasteiger partial charge in [0.1, 0.15) is 10.8 Å². The molecule has 0 N–H and O–H groups in total. The average molecular weight is 503 g/mol. The van der Waals surface area contributed by atoms with Crippen molar-refractivity contribution in [2.24, 2.45) is 22.7 Å². The molecular weight excluding hydrogens is 475 g/mol. The average Bonchev–Trinajstić information content (AvgIpc) is 2.80. The second-order valence-electron chi connectivity index (χ2n) is 9.69. The molecule has 180 valence electrons. The first-order valence-electron chi connectivity index (χ1n) is 11.4. The molecule has 2 aliphatic rings. The Hall–Kier alpha value is -2.37. The zero-order valence-electron chi connectivity index (χ0n) is 19.6. The fourth-order valence-electron chi connectivity index (χ4n) is 6.93. The lowest BCUT2D eigenvalue weighted by Crippen LogP contribution is -2.67. The van der Waals surface area contributed by atoms with Gasteiger partial charge in [-0.05, 0) is 60.1 Å². The van der Waals surface area contributed by atoms with E-state index in [2.05, 4.69) is 0 Å². The Morgan fingerprint density at radius 2 is 1.24 bits per heavy atom. The van der Waals surface area contributed by atoms with Gasteiger partial charge in [0, 0.05) is 21.9 Å². The van der Waals surface area contributed by atoms with Crippen LogP contribution in [0.5, 0.6) is 0 Å². The van der Waals surface area contributed by atoms with E-state index in [9.17, 15) is 14.4 Å². The van der Waals surface area contributed by atoms with Gasteiger partial charge in [0.25, 0.3) is 0 Å². The number of carbonyl (C=O) groups excluding carboxylic acids is 3. The van der Waals surface area contributed by atoms with Crippen LogP contribution >= 0.6 is 23.2 Å². The molecule has 0 radical (unpaired) electrons. The lowest BCUT2D eigenvalue weighted by molar-refractivity contribution is -0.189. The summed E-state index contributed by atoms with van der Waals surface area (Å²) in [6.45, 7) is 3.94. The van der Waals surface area contributed by atoms with Crippen LogP contribution in [0.2, 0.25) is 10.0 Å². The molecule has 34 heavy (non-hydrogen) atoms. The van der Waals surface area contributed by atoms with Gasteiger partial charge in [0.2, 0.25) is 0 Å². The Kier molecular flexibility index (Phi) is 6.56. The van der Waals surface area contributed by atoms with Crippen LogP contribution in [0.4, 0.5) is 0 Å². The van der Waals surface area contributed by atoms with Crippen molar-refractivity contribution in [1.29, 1.82) is 0 Å². The van der Waals surface area contributed by atoms with E-state index in [1.807, 2.05) is 38.1 Å². The van der Waals surface area contributed by atoms with E-state index >= 15 is 0 Å². The van der Waals surface area contributed by atoms with Crippen LogP contribution in [-0.4, -0.2) is 31.9 Å². The van der Waals surface area contributed by atoms with E-state index in [1.165, 1.54) is 14.2 Å². The van der Waals surface area contributed by atoms with Crippen molar-refractivity contribution in [1.82, 2.24) is 0 Å². The highest BCUT2D eigenvalue weighted by molar-refractivity contribution is 6.31. The lowest BCUT2D eigenvalue weighted by Gasteiger charge is -2.59. The number of carbonyl (C=O) groups is 3. The minimum Gasteiger partial charge on any atom is -0.468 e. The number of ketones is 1. The van der Waals surface area contributed by atoms with Gasteiger partial charge in [-0.15, -0.1) is 0 Å². The molecule has 2 bridgehead atoms. The number of fused-ring (bicyclic) bond motifs is 2. The molecule has 2 aromatic carbocycles. The number of methoxy groups -OCH3 is 2. The van der Waals surface area contributed by atoms with Crippen molar-refractivity contribution in [3.05, 3.63) is 69.7 Å². The van der Waals surface area contributed by atoms with Gasteiger partial charge in [-0.25, -0.2) is 0 Å². The molecule has 0 aliphatic heterocycles. The standard InChI is InChI=1S/C27H28Cl2O5/c1-15-13-26(24(31)33-3)21(17-7-5-9-19(28)11-17)16(2)22(18-8-6-10-20(29)12-18)27(14-15,23(26)30)25(32)34-4/h5-12,15-16,21-22H,13-14H2,1-4H3. The second-order valence-corrected chi connectivity index (χ2v) is 10.6. The Labute approximate surface area is 209 Å². The third-order valence-corrected chi connectivity index (χ3v) is 8.25. The van der Waals surface area contributed by atoms with Crippen molar-refractivity contribution >= 4 is 40.9 Å². The summed E-state index contributed by atoms with van der Waals surface area (Å²) < 4.78 is 10.5. The van der Waals surface area contributed by atoms with Gasteiger partial charge in [-0.3, -0.25) is 14.4 Å². The van der Waals surface area contributed by atoms with Crippen molar-refractivity contribution in [3.8, 4) is 0 Å². The van der Waals surface area contributed by atoms with E-state index in [4.69, 9.17) is 32.7 Å². The van der Waals surface area contributed by atoms with Crippen LogP contribution in [0.25, 0.3) is 0 Å². The highest BCUT2D eigenvalue weighted by Crippen LogP contribution is 2.67. The molecule has 2 aliphatic carbocycles. The highest BCUT2D eigenvalue weighted by Gasteiger charge is 2.74. The predicted molar refractivity (Wildman–Crippen MR) is 130 cm³/mol. The van der Waals surface area contributed by atoms with Gasteiger partial charge in [0.15, 0.2) is 5.78 Å². The number of hydrogen-bond donors (Lipinski definition) is 0. The Bertz CT molecular complexity index is 1060. The molecule has 4 atom stereocenters. The molecule has 4 unspecified atom stereocenters. The summed E-state index contributed by atoms with van der Waals surface area (Å²) >= 11 is 12.7. The summed E-state index contributed by atoms with van der Waals surface area (Å²) in [5.74, 6) is -3.25. The molecule has 0 amide bonds. The van der Waals surface area contributed by atoms with E-state index < -0.39 is 40.4 Å². The van der Waals surface area contributed by atoms with Crippen LogP contribution < -0.4 is 0 Å². The number of ether oxygens (including phenoxy) is 2. The van der Waals surface area contributed by atoms with Crippen molar-refractivity contribution in [2.75, 3.05) is 14.2 Å². The number of hydrogen-bond acceptors (Lipinski definition) is 5. The molecule has 0 saturated heterocycles. The second kappa shape index (κ2) is 9.01. The maximum Gasteiger partial charge on any atom is 0.320 e. The van der Waals surface area contributed by atoms with E-state index in [0.717, 1.165) is 11.1 Å². The summed E-state index contributed by atoms with van der Waals surface area (Å²) in [5.41, 5.74) is -1.56. The largest absolute Gasteiger partial charge is 0.468 e. The summed E-state index contributed by atoms with van der Waals surface area (Å²) in [7, 11) is 2.57. The smallest absolute Gasteiger partial charge is 0.320 e. The molecule has 5 nitrogen and oxygen atoms in total. The molecule has 4 rings (SSSR count). The topological polar surface area (TPSA) is 69.7 Å². The number of benzene rings is 2. The highest BCUT2D eigenvalue weighted by atomic mass is 35.5. The summed E-state index contributed by atoms with van der Waals surface area (Å²) in [5, 5.41) is 1.01. The molecule has 2 fully saturated rings. The Morgan fingerprint density at radius 3 is 1.59 bits per heavy atom. The van der Waals surface area contributed by atoms with E-state index in [0.29, 0.717) is 10.0 Å².